The van der Waals surface area contributed by atoms with Gasteiger partial charge in [-0.05, 0) is 116 Å². The molecule has 56 heavy (non-hydrogen) atoms. The first kappa shape index (κ1) is 39.1. The van der Waals surface area contributed by atoms with Gasteiger partial charge in [-0.3, -0.25) is 0 Å². The smallest absolute Gasteiger partial charge is 0.364 e. The van der Waals surface area contributed by atoms with Crippen LogP contribution in [-0.2, 0) is 23.2 Å². The van der Waals surface area contributed by atoms with Crippen LogP contribution in [0.1, 0.15) is 76.6 Å². The Morgan fingerprint density at radius 3 is 1.77 bits per heavy atom. The molecule has 1 atom stereocenters. The fourth-order valence-electron chi connectivity index (χ4n) is 8.85. The molecule has 0 bridgehead atoms. The molecule has 2 aliphatic heterocycles. The van der Waals surface area contributed by atoms with Gasteiger partial charge in [0.2, 0.25) is 0 Å². The third-order valence-electron chi connectivity index (χ3n) is 11.7. The molecule has 0 saturated heterocycles. The lowest BCUT2D eigenvalue weighted by molar-refractivity contribution is -0.138. The van der Waals surface area contributed by atoms with Crippen molar-refractivity contribution in [3.63, 3.8) is 0 Å². The van der Waals surface area contributed by atoms with Crippen molar-refractivity contribution in [2.75, 3.05) is 27.8 Å². The van der Waals surface area contributed by atoms with Gasteiger partial charge in [0.1, 0.15) is 0 Å². The summed E-state index contributed by atoms with van der Waals surface area (Å²) in [5, 5.41) is 0. The molecule has 2 heterocycles. The molecule has 1 aliphatic carbocycles. The number of alkyl halides is 6. The van der Waals surface area contributed by atoms with Crippen LogP contribution in [0.25, 0.3) is 0 Å². The van der Waals surface area contributed by atoms with Gasteiger partial charge >= 0.3 is 12.4 Å². The molecule has 4 aromatic carbocycles. The summed E-state index contributed by atoms with van der Waals surface area (Å²) >= 11 is 0. The molecule has 4 aromatic rings. The fourth-order valence-corrected chi connectivity index (χ4v) is 8.85. The zero-order valence-electron chi connectivity index (χ0n) is 32.6. The van der Waals surface area contributed by atoms with E-state index < -0.39 is 34.3 Å². The number of hydrogen-bond donors (Lipinski definition) is 0. The maximum absolute atomic E-state index is 13.9. The lowest BCUT2D eigenvalue weighted by Crippen LogP contribution is -2.39. The fraction of sp³-hybridized carbons (Fsp3) is 0.319. The van der Waals surface area contributed by atoms with Crippen LogP contribution >= 0.6 is 0 Å². The second kappa shape index (κ2) is 14.4. The number of rotatable bonds is 8. The first-order valence-corrected chi connectivity index (χ1v) is 19.2. The first-order chi connectivity index (χ1) is 26.5. The molecule has 1 unspecified atom stereocenters. The number of fused-ring (bicyclic) bond motifs is 2. The highest BCUT2D eigenvalue weighted by Gasteiger charge is 2.45. The van der Waals surface area contributed by atoms with Crippen LogP contribution in [0.4, 0.5) is 49.1 Å². The molecule has 0 spiro atoms. The molecule has 0 N–H and O–H groups in total. The van der Waals surface area contributed by atoms with Crippen molar-refractivity contribution in [1.29, 1.82) is 0 Å². The standard InChI is InChI=1S/C47H47F6N3/c1-7-54-39-25-23-33(46(48,49)50)29-37(39)44(3,4)41(54)27-21-31-19-20-32(43(31)56(35-15-11-9-12-16-35)36-17-13-10-14-18-36)22-28-42-45(5,6)38-30-34(47(51,52)53)24-26-40(38)55(42)8-2/h9-18,21-30,41H,7-8,19-20H2,1-6H3/b27-21+,32-22+,42-28+. The quantitative estimate of drug-likeness (QED) is 0.165. The number of benzene rings is 4. The molecule has 3 nitrogen and oxygen atoms in total. The Labute approximate surface area is 325 Å². The molecule has 0 radical (unpaired) electrons. The average Bonchev–Trinajstić information content (AvgIpc) is 3.73. The van der Waals surface area contributed by atoms with Gasteiger partial charge in [-0.15, -0.1) is 0 Å². The van der Waals surface area contributed by atoms with Gasteiger partial charge in [-0.25, -0.2) is 0 Å². The summed E-state index contributed by atoms with van der Waals surface area (Å²) < 4.78 is 83.1. The number of para-hydroxylation sites is 2. The minimum Gasteiger partial charge on any atom is -0.364 e. The number of anilines is 4. The number of hydrogen-bond acceptors (Lipinski definition) is 3. The van der Waals surface area contributed by atoms with E-state index in [1.807, 2.05) is 77.9 Å². The minimum absolute atomic E-state index is 0.200. The van der Waals surface area contributed by atoms with E-state index in [1.165, 1.54) is 18.2 Å². The van der Waals surface area contributed by atoms with E-state index in [-0.39, 0.29) is 6.04 Å². The zero-order valence-corrected chi connectivity index (χ0v) is 32.6. The summed E-state index contributed by atoms with van der Waals surface area (Å²) in [5.41, 5.74) is 6.30. The highest BCUT2D eigenvalue weighted by molar-refractivity contribution is 5.75. The van der Waals surface area contributed by atoms with E-state index in [2.05, 4.69) is 63.3 Å². The second-order valence-electron chi connectivity index (χ2n) is 15.8. The van der Waals surface area contributed by atoms with Crippen LogP contribution in [0.3, 0.4) is 0 Å². The van der Waals surface area contributed by atoms with E-state index in [9.17, 15) is 26.3 Å². The molecule has 0 aromatic heterocycles. The third kappa shape index (κ3) is 6.83. The van der Waals surface area contributed by atoms with E-state index in [0.717, 1.165) is 57.8 Å². The van der Waals surface area contributed by atoms with Gasteiger partial charge < -0.3 is 14.7 Å². The molecule has 0 saturated carbocycles. The van der Waals surface area contributed by atoms with Crippen molar-refractivity contribution < 1.29 is 26.3 Å². The van der Waals surface area contributed by atoms with Crippen LogP contribution in [0.5, 0.6) is 0 Å². The summed E-state index contributed by atoms with van der Waals surface area (Å²) in [4.78, 5) is 6.53. The van der Waals surface area contributed by atoms with Crippen molar-refractivity contribution in [2.45, 2.75) is 83.6 Å². The van der Waals surface area contributed by atoms with Crippen LogP contribution in [0.15, 0.2) is 144 Å². The van der Waals surface area contributed by atoms with Crippen molar-refractivity contribution in [1.82, 2.24) is 0 Å². The van der Waals surface area contributed by atoms with Crippen molar-refractivity contribution in [2.24, 2.45) is 0 Å². The average molecular weight is 768 g/mol. The van der Waals surface area contributed by atoms with Gasteiger partial charge in [0, 0.05) is 52.4 Å². The summed E-state index contributed by atoms with van der Waals surface area (Å²) in [7, 11) is 0. The van der Waals surface area contributed by atoms with Crippen LogP contribution < -0.4 is 14.7 Å². The Hall–Kier alpha value is -5.18. The van der Waals surface area contributed by atoms with E-state index in [0.29, 0.717) is 30.6 Å². The van der Waals surface area contributed by atoms with Gasteiger partial charge in [-0.2, -0.15) is 26.3 Å². The number of nitrogens with zero attached hydrogens (tertiary/aromatic N) is 3. The number of likely N-dealkylation sites (N-methyl/N-ethyl adjacent to an activating group) is 2. The monoisotopic (exact) mass is 767 g/mol. The lowest BCUT2D eigenvalue weighted by Gasteiger charge is -2.32. The van der Waals surface area contributed by atoms with Crippen LogP contribution in [0, 0.1) is 0 Å². The Morgan fingerprint density at radius 1 is 0.679 bits per heavy atom. The Kier molecular flexibility index (Phi) is 10.0. The molecule has 7 rings (SSSR count). The van der Waals surface area contributed by atoms with Crippen LogP contribution in [0.2, 0.25) is 0 Å². The number of allylic oxidation sites excluding steroid dienone is 6. The van der Waals surface area contributed by atoms with Crippen molar-refractivity contribution in [3.05, 3.63) is 166 Å². The highest BCUT2D eigenvalue weighted by Crippen LogP contribution is 2.51. The molecule has 292 valence electrons. The number of halogens is 6. The lowest BCUT2D eigenvalue weighted by atomic mass is 9.79. The molecule has 0 amide bonds. The summed E-state index contributed by atoms with van der Waals surface area (Å²) in [6.07, 6.45) is 1.05. The van der Waals surface area contributed by atoms with Crippen LogP contribution in [-0.4, -0.2) is 19.1 Å². The summed E-state index contributed by atoms with van der Waals surface area (Å²) in [6, 6.07) is 28.1. The molecule has 3 aliphatic rings. The maximum Gasteiger partial charge on any atom is 0.416 e. The summed E-state index contributed by atoms with van der Waals surface area (Å²) in [5.74, 6) is 0. The molecular weight excluding hydrogens is 721 g/mol. The Bertz CT molecular complexity index is 2190. The van der Waals surface area contributed by atoms with Gasteiger partial charge in [0.25, 0.3) is 0 Å². The van der Waals surface area contributed by atoms with E-state index in [1.54, 1.807) is 12.1 Å². The minimum atomic E-state index is -4.45. The van der Waals surface area contributed by atoms with Gasteiger partial charge in [-0.1, -0.05) is 82.3 Å². The molecule has 0 fully saturated rings. The predicted molar refractivity (Wildman–Crippen MR) is 215 cm³/mol. The van der Waals surface area contributed by atoms with E-state index >= 15 is 0 Å². The molecule has 9 heteroatoms. The Morgan fingerprint density at radius 2 is 1.23 bits per heavy atom. The van der Waals surface area contributed by atoms with E-state index in [4.69, 9.17) is 0 Å². The van der Waals surface area contributed by atoms with Crippen molar-refractivity contribution in [3.8, 4) is 0 Å². The highest BCUT2D eigenvalue weighted by atomic mass is 19.4. The third-order valence-corrected chi connectivity index (χ3v) is 11.7. The summed E-state index contributed by atoms with van der Waals surface area (Å²) in [6.45, 7) is 13.2. The normalized spacial score (nSPS) is 20.5. The maximum atomic E-state index is 13.9. The van der Waals surface area contributed by atoms with Crippen molar-refractivity contribution >= 4 is 22.7 Å². The van der Waals surface area contributed by atoms with Gasteiger partial charge in [0.05, 0.1) is 22.9 Å². The largest absolute Gasteiger partial charge is 0.416 e. The first-order valence-electron chi connectivity index (χ1n) is 19.2. The van der Waals surface area contributed by atoms with Gasteiger partial charge in [0.15, 0.2) is 0 Å². The second-order valence-corrected chi connectivity index (χ2v) is 15.8. The molecular formula is C47H47F6N3. The zero-order chi connectivity index (χ0) is 40.2. The predicted octanol–water partition coefficient (Wildman–Crippen LogP) is 13.3. The Balaban J connectivity index is 1.36. The SMILES string of the molecule is CCN1/C(=C/C=C2\CCC(/C=C/C3N(CC)c4ccc(C(F)(F)F)cc4C3(C)C)=C2N(c2ccccc2)c2ccccc2)C(C)(C)c2cc(C(F)(F)F)ccc21. The topological polar surface area (TPSA) is 9.72 Å².